The minimum atomic E-state index is -1.26. The van der Waals surface area contributed by atoms with Crippen LogP contribution in [0.3, 0.4) is 0 Å². The molecular weight excluding hydrogens is 324 g/mol. The number of nitrogens with one attached hydrogen (secondary N) is 1. The molecule has 1 amide bonds. The van der Waals surface area contributed by atoms with Gasteiger partial charge in [0, 0.05) is 43.4 Å². The quantitative estimate of drug-likeness (QED) is 0.831. The summed E-state index contributed by atoms with van der Waals surface area (Å²) >= 11 is 1.66. The van der Waals surface area contributed by atoms with Gasteiger partial charge in [-0.2, -0.15) is 0 Å². The van der Waals surface area contributed by atoms with E-state index in [1.165, 1.54) is 17.7 Å². The van der Waals surface area contributed by atoms with Crippen LogP contribution in [-0.2, 0) is 11.3 Å². The number of aromatic nitrogens is 2. The smallest absolute Gasteiger partial charge is 0.255 e. The van der Waals surface area contributed by atoms with E-state index < -0.39 is 5.60 Å². The Morgan fingerprint density at radius 3 is 3.04 bits per heavy atom. The van der Waals surface area contributed by atoms with Crippen LogP contribution in [0.2, 0.25) is 0 Å². The number of amides is 1. The molecule has 24 heavy (non-hydrogen) atoms. The Balaban J connectivity index is 1.34. The average Bonchev–Trinajstić information content (AvgIpc) is 3.17. The molecule has 0 bridgehead atoms. The summed E-state index contributed by atoms with van der Waals surface area (Å²) in [6.07, 6.45) is 7.91. The minimum absolute atomic E-state index is 0.102. The van der Waals surface area contributed by atoms with E-state index in [0.29, 0.717) is 18.9 Å². The van der Waals surface area contributed by atoms with Crippen LogP contribution in [0.5, 0.6) is 0 Å². The van der Waals surface area contributed by atoms with E-state index in [-0.39, 0.29) is 12.5 Å². The number of carbonyl (C=O) groups is 1. The normalized spacial score (nSPS) is 24.9. The molecule has 7 heteroatoms. The van der Waals surface area contributed by atoms with Crippen LogP contribution < -0.4 is 5.32 Å². The molecular formula is C17H24N4O2S. The summed E-state index contributed by atoms with van der Waals surface area (Å²) in [7, 11) is 0. The summed E-state index contributed by atoms with van der Waals surface area (Å²) in [6.45, 7) is 4.52. The molecule has 4 rings (SSSR count). The number of rotatable bonds is 6. The highest BCUT2D eigenvalue weighted by Crippen LogP contribution is 2.32. The maximum atomic E-state index is 12.6. The number of nitrogens with zero attached hydrogens (tertiary/aromatic N) is 3. The Kier molecular flexibility index (Phi) is 4.10. The maximum absolute atomic E-state index is 12.6. The number of thiazole rings is 1. The Morgan fingerprint density at radius 1 is 1.46 bits per heavy atom. The summed E-state index contributed by atoms with van der Waals surface area (Å²) in [5.41, 5.74) is -0.330. The van der Waals surface area contributed by atoms with Gasteiger partial charge in [0.05, 0.1) is 5.69 Å². The zero-order valence-corrected chi connectivity index (χ0v) is 14.8. The molecule has 1 aliphatic carbocycles. The van der Waals surface area contributed by atoms with Gasteiger partial charge in [-0.05, 0) is 38.5 Å². The predicted octanol–water partition coefficient (Wildman–Crippen LogP) is 1.56. The van der Waals surface area contributed by atoms with Crippen molar-refractivity contribution in [1.29, 1.82) is 0 Å². The summed E-state index contributed by atoms with van der Waals surface area (Å²) in [4.78, 5) is 21.2. The van der Waals surface area contributed by atoms with Crippen molar-refractivity contribution in [3.63, 3.8) is 0 Å². The van der Waals surface area contributed by atoms with Crippen molar-refractivity contribution in [2.45, 2.75) is 44.8 Å². The highest BCUT2D eigenvalue weighted by Gasteiger charge is 2.43. The number of imidazole rings is 1. The van der Waals surface area contributed by atoms with Crippen LogP contribution >= 0.6 is 11.3 Å². The van der Waals surface area contributed by atoms with Crippen LogP contribution in [0, 0.1) is 12.8 Å². The molecule has 6 nitrogen and oxygen atoms in total. The Bertz CT molecular complexity index is 719. The van der Waals surface area contributed by atoms with Gasteiger partial charge >= 0.3 is 0 Å². The lowest BCUT2D eigenvalue weighted by atomic mass is 9.91. The summed E-state index contributed by atoms with van der Waals surface area (Å²) < 4.78 is 2.02. The molecule has 0 aromatic carbocycles. The highest BCUT2D eigenvalue weighted by molar-refractivity contribution is 7.16. The Labute approximate surface area is 145 Å². The van der Waals surface area contributed by atoms with E-state index in [4.69, 9.17) is 0 Å². The fourth-order valence-corrected chi connectivity index (χ4v) is 4.29. The zero-order chi connectivity index (χ0) is 16.7. The lowest BCUT2D eigenvalue weighted by Gasteiger charge is -2.38. The van der Waals surface area contributed by atoms with Crippen molar-refractivity contribution < 1.29 is 9.90 Å². The molecule has 2 N–H and O–H groups in total. The van der Waals surface area contributed by atoms with Crippen molar-refractivity contribution in [1.82, 2.24) is 19.6 Å². The first-order valence-electron chi connectivity index (χ1n) is 8.70. The van der Waals surface area contributed by atoms with Crippen molar-refractivity contribution >= 4 is 22.2 Å². The number of piperidine rings is 1. The van der Waals surface area contributed by atoms with Crippen molar-refractivity contribution in [2.75, 3.05) is 19.6 Å². The van der Waals surface area contributed by atoms with Gasteiger partial charge in [-0.1, -0.05) is 0 Å². The third-order valence-corrected chi connectivity index (χ3v) is 5.84. The van der Waals surface area contributed by atoms with Crippen molar-refractivity contribution in [3.8, 4) is 0 Å². The molecule has 1 atom stereocenters. The van der Waals surface area contributed by atoms with Crippen LogP contribution in [-0.4, -0.2) is 50.5 Å². The average molecular weight is 348 g/mol. The first kappa shape index (κ1) is 16.1. The van der Waals surface area contributed by atoms with Crippen LogP contribution in [0.15, 0.2) is 12.4 Å². The molecule has 0 spiro atoms. The monoisotopic (exact) mass is 348 g/mol. The van der Waals surface area contributed by atoms with E-state index in [1.54, 1.807) is 11.3 Å². The molecule has 2 aromatic heterocycles. The number of likely N-dealkylation sites (tertiary alicyclic amines) is 1. The van der Waals surface area contributed by atoms with Gasteiger partial charge in [0.2, 0.25) is 0 Å². The molecule has 2 aliphatic rings. The SMILES string of the molecule is Cc1cn2cc(CNC[C@@]3(O)CCCN(CC4CC4)C3=O)nc2s1. The zero-order valence-electron chi connectivity index (χ0n) is 14.0. The molecule has 0 radical (unpaired) electrons. The second-order valence-electron chi connectivity index (χ2n) is 7.20. The van der Waals surface area contributed by atoms with Gasteiger partial charge in [0.15, 0.2) is 10.6 Å². The number of carbonyl (C=O) groups excluding carboxylic acids is 1. The van der Waals surface area contributed by atoms with E-state index in [2.05, 4.69) is 23.4 Å². The molecule has 1 aliphatic heterocycles. The number of fused-ring (bicyclic) bond motifs is 1. The topological polar surface area (TPSA) is 69.9 Å². The van der Waals surface area contributed by atoms with Gasteiger partial charge in [-0.25, -0.2) is 4.98 Å². The van der Waals surface area contributed by atoms with Gasteiger partial charge in [-0.3, -0.25) is 9.20 Å². The molecule has 2 aromatic rings. The Hall–Kier alpha value is -1.44. The van der Waals surface area contributed by atoms with Crippen LogP contribution in [0.1, 0.15) is 36.3 Å². The number of aryl methyl sites for hydroxylation is 1. The van der Waals surface area contributed by atoms with Crippen molar-refractivity contribution in [3.05, 3.63) is 23.0 Å². The molecule has 0 unspecified atom stereocenters. The van der Waals surface area contributed by atoms with E-state index >= 15 is 0 Å². The number of hydrogen-bond acceptors (Lipinski definition) is 5. The molecule has 1 saturated carbocycles. The van der Waals surface area contributed by atoms with E-state index in [1.807, 2.05) is 15.5 Å². The number of hydrogen-bond donors (Lipinski definition) is 2. The third kappa shape index (κ3) is 3.20. The van der Waals surface area contributed by atoms with Crippen LogP contribution in [0.4, 0.5) is 0 Å². The van der Waals surface area contributed by atoms with Crippen molar-refractivity contribution in [2.24, 2.45) is 5.92 Å². The fraction of sp³-hybridized carbons (Fsp3) is 0.647. The second-order valence-corrected chi connectivity index (χ2v) is 8.41. The summed E-state index contributed by atoms with van der Waals surface area (Å²) in [5.74, 6) is 0.556. The standard InChI is InChI=1S/C17H24N4O2S/c1-12-8-21-10-14(19-16(21)24-12)7-18-11-17(23)5-2-6-20(15(17)22)9-13-3-4-13/h8,10,13,18,23H,2-7,9,11H2,1H3/t17-/m0/s1. The number of aliphatic hydroxyl groups is 1. The maximum Gasteiger partial charge on any atom is 0.255 e. The second kappa shape index (κ2) is 6.13. The molecule has 2 fully saturated rings. The highest BCUT2D eigenvalue weighted by atomic mass is 32.1. The molecule has 130 valence electrons. The van der Waals surface area contributed by atoms with Gasteiger partial charge < -0.3 is 15.3 Å². The van der Waals surface area contributed by atoms with E-state index in [9.17, 15) is 9.90 Å². The first-order valence-corrected chi connectivity index (χ1v) is 9.52. The van der Waals surface area contributed by atoms with Crippen LogP contribution in [0.25, 0.3) is 4.96 Å². The largest absolute Gasteiger partial charge is 0.379 e. The van der Waals surface area contributed by atoms with Gasteiger partial charge in [0.25, 0.3) is 5.91 Å². The van der Waals surface area contributed by atoms with Gasteiger partial charge in [-0.15, -0.1) is 11.3 Å². The molecule has 3 heterocycles. The first-order chi connectivity index (χ1) is 11.5. The van der Waals surface area contributed by atoms with E-state index in [0.717, 1.165) is 30.2 Å². The lowest BCUT2D eigenvalue weighted by molar-refractivity contribution is -0.156. The van der Waals surface area contributed by atoms with Gasteiger partial charge in [0.1, 0.15) is 0 Å². The molecule has 1 saturated heterocycles. The summed E-state index contributed by atoms with van der Waals surface area (Å²) in [6, 6.07) is 0. The minimum Gasteiger partial charge on any atom is -0.379 e. The third-order valence-electron chi connectivity index (χ3n) is 4.92. The lowest BCUT2D eigenvalue weighted by Crippen LogP contribution is -2.58. The fourth-order valence-electron chi connectivity index (χ4n) is 3.46. The summed E-state index contributed by atoms with van der Waals surface area (Å²) in [5, 5.41) is 14.0. The Morgan fingerprint density at radius 2 is 2.29 bits per heavy atom. The predicted molar refractivity (Wildman–Crippen MR) is 93.0 cm³/mol.